The van der Waals surface area contributed by atoms with Crippen molar-refractivity contribution in [1.82, 2.24) is 40.0 Å². The van der Waals surface area contributed by atoms with Crippen LogP contribution in [0.15, 0.2) is 24.8 Å². The van der Waals surface area contributed by atoms with E-state index in [1.807, 2.05) is 35.6 Å². The number of ketones is 1. The number of carboxylic acid groups (broad SMARTS) is 4. The lowest BCUT2D eigenvalue weighted by molar-refractivity contribution is -0.144. The van der Waals surface area contributed by atoms with E-state index in [2.05, 4.69) is 30.8 Å². The van der Waals surface area contributed by atoms with Gasteiger partial charge < -0.3 is 45.5 Å². The number of aryl methyl sites for hydroxylation is 2. The lowest BCUT2D eigenvalue weighted by Crippen LogP contribution is -2.51. The van der Waals surface area contributed by atoms with E-state index in [4.69, 9.17) is 10.2 Å². The molecule has 2 aromatic rings. The first-order valence-corrected chi connectivity index (χ1v) is 19.1. The molecular weight excluding hydrogens is 732 g/mol. The van der Waals surface area contributed by atoms with Crippen molar-refractivity contribution in [1.29, 1.82) is 0 Å². The van der Waals surface area contributed by atoms with Crippen LogP contribution in [-0.2, 0) is 56.0 Å². The van der Waals surface area contributed by atoms with E-state index in [1.54, 1.807) is 12.4 Å². The van der Waals surface area contributed by atoms with Gasteiger partial charge >= 0.3 is 29.9 Å². The Morgan fingerprint density at radius 2 is 1.21 bits per heavy atom. The Labute approximate surface area is 326 Å². The van der Waals surface area contributed by atoms with Crippen LogP contribution in [0.4, 0.5) is 4.79 Å². The molecule has 2 rings (SSSR count). The Hall–Kier alpha value is -5.33. The fourth-order valence-corrected chi connectivity index (χ4v) is 6.02. The van der Waals surface area contributed by atoms with E-state index in [9.17, 15) is 43.8 Å². The SMILES string of the molecule is Cn1ccnc1CN(CCCC[C@H](CC(=O)CCCCCCC(=O)NCCCCC(NC(=O)N[C@@H](CCC(=O)O)C(=O)O)C(=O)O)C(=O)O)Cc1nccn1C. The van der Waals surface area contributed by atoms with Gasteiger partial charge in [-0.05, 0) is 57.9 Å². The van der Waals surface area contributed by atoms with Gasteiger partial charge in [-0.1, -0.05) is 19.3 Å². The normalized spacial score (nSPS) is 12.8. The number of aliphatic carboxylic acids is 4. The zero-order valence-corrected chi connectivity index (χ0v) is 32.4. The highest BCUT2D eigenvalue weighted by molar-refractivity contribution is 5.86. The summed E-state index contributed by atoms with van der Waals surface area (Å²) in [5.74, 6) is -4.12. The number of hydrogen-bond acceptors (Lipinski definition) is 10. The molecule has 0 aliphatic carbocycles. The second kappa shape index (κ2) is 25.7. The van der Waals surface area contributed by atoms with Crippen molar-refractivity contribution in [2.75, 3.05) is 13.1 Å². The Bertz CT molecular complexity index is 1530. The van der Waals surface area contributed by atoms with Gasteiger partial charge in [0, 0.05) is 71.1 Å². The Balaban J connectivity index is 1.58. The lowest BCUT2D eigenvalue weighted by atomic mass is 9.94. The van der Waals surface area contributed by atoms with Crippen LogP contribution in [-0.4, -0.2) is 111 Å². The van der Waals surface area contributed by atoms with Crippen molar-refractivity contribution < 1.29 is 54.0 Å². The molecule has 56 heavy (non-hydrogen) atoms. The van der Waals surface area contributed by atoms with Crippen molar-refractivity contribution in [2.45, 2.75) is 121 Å². The molecule has 19 nitrogen and oxygen atoms in total. The summed E-state index contributed by atoms with van der Waals surface area (Å²) in [7, 11) is 3.89. The van der Waals surface area contributed by atoms with Crippen molar-refractivity contribution >= 4 is 41.6 Å². The molecular formula is C37H58N8O11. The highest BCUT2D eigenvalue weighted by Gasteiger charge is 2.25. The number of rotatable bonds is 31. The number of nitrogens with zero attached hydrogens (tertiary/aromatic N) is 5. The van der Waals surface area contributed by atoms with E-state index < -0.39 is 54.3 Å². The number of carboxylic acids is 4. The van der Waals surface area contributed by atoms with Crippen LogP contribution >= 0.6 is 0 Å². The third-order valence-corrected chi connectivity index (χ3v) is 9.38. The van der Waals surface area contributed by atoms with Crippen molar-refractivity contribution in [2.24, 2.45) is 20.0 Å². The molecule has 0 fully saturated rings. The number of imidazole rings is 2. The minimum absolute atomic E-state index is 0.00174. The Kier molecular flexibility index (Phi) is 21.5. The van der Waals surface area contributed by atoms with Crippen LogP contribution in [0.3, 0.4) is 0 Å². The third kappa shape index (κ3) is 19.3. The number of amides is 3. The van der Waals surface area contributed by atoms with Gasteiger partial charge in [-0.3, -0.25) is 24.1 Å². The number of Topliss-reactive ketones (excluding diaryl/α,β-unsaturated/α-hetero) is 1. The molecule has 0 spiro atoms. The van der Waals surface area contributed by atoms with Crippen LogP contribution < -0.4 is 16.0 Å². The molecule has 312 valence electrons. The highest BCUT2D eigenvalue weighted by Crippen LogP contribution is 2.18. The first-order valence-electron chi connectivity index (χ1n) is 19.1. The summed E-state index contributed by atoms with van der Waals surface area (Å²) >= 11 is 0. The van der Waals surface area contributed by atoms with Gasteiger partial charge in [-0.2, -0.15) is 0 Å². The number of carbonyl (C=O) groups is 7. The molecule has 0 saturated heterocycles. The number of aromatic nitrogens is 4. The van der Waals surface area contributed by atoms with Crippen molar-refractivity contribution in [3.05, 3.63) is 36.4 Å². The Morgan fingerprint density at radius 3 is 1.73 bits per heavy atom. The van der Waals surface area contributed by atoms with Crippen LogP contribution in [0, 0.1) is 5.92 Å². The summed E-state index contributed by atoms with van der Waals surface area (Å²) in [4.78, 5) is 93.5. The summed E-state index contributed by atoms with van der Waals surface area (Å²) in [6.07, 6.45) is 12.3. The van der Waals surface area contributed by atoms with Gasteiger partial charge in [-0.25, -0.2) is 24.4 Å². The third-order valence-electron chi connectivity index (χ3n) is 9.38. The number of carbonyl (C=O) groups excluding carboxylic acids is 3. The molecule has 0 aliphatic rings. The van der Waals surface area contributed by atoms with E-state index >= 15 is 0 Å². The van der Waals surface area contributed by atoms with E-state index in [1.165, 1.54) is 0 Å². The maximum Gasteiger partial charge on any atom is 0.326 e. The fraction of sp³-hybridized carbons (Fsp3) is 0.649. The average molecular weight is 791 g/mol. The topological polar surface area (TPSA) is 275 Å². The van der Waals surface area contributed by atoms with E-state index in [-0.39, 0.29) is 43.8 Å². The second-order valence-corrected chi connectivity index (χ2v) is 14.0. The monoisotopic (exact) mass is 790 g/mol. The summed E-state index contributed by atoms with van der Waals surface area (Å²) in [6.45, 7) is 2.28. The smallest absolute Gasteiger partial charge is 0.326 e. The Morgan fingerprint density at radius 1 is 0.661 bits per heavy atom. The maximum absolute atomic E-state index is 12.6. The van der Waals surface area contributed by atoms with Crippen LogP contribution in [0.5, 0.6) is 0 Å². The molecule has 2 aromatic heterocycles. The van der Waals surface area contributed by atoms with Crippen LogP contribution in [0.2, 0.25) is 0 Å². The second-order valence-electron chi connectivity index (χ2n) is 14.0. The van der Waals surface area contributed by atoms with Crippen molar-refractivity contribution in [3.63, 3.8) is 0 Å². The predicted octanol–water partition coefficient (Wildman–Crippen LogP) is 2.68. The molecule has 0 aliphatic heterocycles. The number of unbranched alkanes of at least 4 members (excludes halogenated alkanes) is 5. The van der Waals surface area contributed by atoms with Gasteiger partial charge in [0.2, 0.25) is 5.91 Å². The molecule has 3 amide bonds. The molecule has 3 atom stereocenters. The zero-order valence-electron chi connectivity index (χ0n) is 32.4. The standard InChI is InChI=1S/C37H58N8O11/c1-43-21-18-38-30(43)24-45(25-31-39-19-22-44(31)2)20-10-8-11-26(34(50)51)23-27(46)12-5-3-4-6-14-32(47)40-17-9-7-13-28(35(52)53)41-37(56)42-29(36(54)55)15-16-33(48)49/h18-19,21-22,26,28-29H,3-17,20,23-25H2,1-2H3,(H,40,47)(H,48,49)(H,50,51)(H,52,53)(H,54,55)(H2,41,42,56)/t26-,28?,29+/m1/s1. The summed E-state index contributed by atoms with van der Waals surface area (Å²) in [5, 5.41) is 44.1. The van der Waals surface area contributed by atoms with Crippen LogP contribution in [0.25, 0.3) is 0 Å². The number of nitrogens with one attached hydrogen (secondary N) is 3. The molecule has 0 bridgehead atoms. The van der Waals surface area contributed by atoms with E-state index in [0.29, 0.717) is 58.2 Å². The minimum Gasteiger partial charge on any atom is -0.481 e. The molecule has 7 N–H and O–H groups in total. The van der Waals surface area contributed by atoms with E-state index in [0.717, 1.165) is 37.5 Å². The first kappa shape index (κ1) is 46.8. The minimum atomic E-state index is -1.49. The van der Waals surface area contributed by atoms with Gasteiger partial charge in [0.15, 0.2) is 0 Å². The van der Waals surface area contributed by atoms with Gasteiger partial charge in [0.05, 0.1) is 19.0 Å². The molecule has 0 radical (unpaired) electrons. The molecule has 0 saturated carbocycles. The lowest BCUT2D eigenvalue weighted by Gasteiger charge is -2.22. The van der Waals surface area contributed by atoms with Gasteiger partial charge in [-0.15, -0.1) is 0 Å². The molecule has 2 heterocycles. The number of hydrogen-bond donors (Lipinski definition) is 7. The first-order chi connectivity index (χ1) is 26.7. The summed E-state index contributed by atoms with van der Waals surface area (Å²) in [6, 6.07) is -3.85. The largest absolute Gasteiger partial charge is 0.481 e. The number of urea groups is 1. The fourth-order valence-electron chi connectivity index (χ4n) is 6.02. The summed E-state index contributed by atoms with van der Waals surface area (Å²) < 4.78 is 3.94. The predicted molar refractivity (Wildman–Crippen MR) is 201 cm³/mol. The average Bonchev–Trinajstić information content (AvgIpc) is 3.73. The summed E-state index contributed by atoms with van der Waals surface area (Å²) in [5.41, 5.74) is 0. The molecule has 19 heteroatoms. The van der Waals surface area contributed by atoms with Crippen LogP contribution in [0.1, 0.15) is 108 Å². The quantitative estimate of drug-likeness (QED) is 0.0541. The molecule has 1 unspecified atom stereocenters. The zero-order chi connectivity index (χ0) is 41.5. The van der Waals surface area contributed by atoms with Gasteiger partial charge in [0.1, 0.15) is 29.5 Å². The molecule has 0 aromatic carbocycles. The maximum atomic E-state index is 12.6. The van der Waals surface area contributed by atoms with Gasteiger partial charge in [0.25, 0.3) is 0 Å². The van der Waals surface area contributed by atoms with Crippen molar-refractivity contribution in [3.8, 4) is 0 Å². The highest BCUT2D eigenvalue weighted by atomic mass is 16.4.